The maximum absolute atomic E-state index is 12.2. The number of amides is 1. The molecule has 1 aromatic heterocycles. The van der Waals surface area contributed by atoms with Crippen molar-refractivity contribution in [1.82, 2.24) is 10.2 Å². The molecular weight excluding hydrogens is 375 g/mol. The van der Waals surface area contributed by atoms with Gasteiger partial charge in [-0.25, -0.2) is 0 Å². The summed E-state index contributed by atoms with van der Waals surface area (Å²) in [7, 11) is 1.61. The zero-order valence-electron chi connectivity index (χ0n) is 13.7. The van der Waals surface area contributed by atoms with E-state index in [1.54, 1.807) is 37.4 Å². The van der Waals surface area contributed by atoms with Crippen molar-refractivity contribution in [3.63, 3.8) is 0 Å². The first-order valence-corrected chi connectivity index (χ1v) is 8.32. The summed E-state index contributed by atoms with van der Waals surface area (Å²) in [6.07, 6.45) is 0. The number of hydrogen-bond donors (Lipinski definition) is 2. The minimum Gasteiger partial charge on any atom is -0.497 e. The molecule has 1 heterocycles. The third-order valence-corrected chi connectivity index (χ3v) is 4.18. The van der Waals surface area contributed by atoms with E-state index in [1.165, 1.54) is 0 Å². The van der Waals surface area contributed by atoms with Crippen LogP contribution >= 0.6 is 23.2 Å². The van der Waals surface area contributed by atoms with Crippen molar-refractivity contribution >= 4 is 46.3 Å². The standard InChI is InChI=1S/C18H14Cl2N4O2/c1-26-13-5-2-11(3-6-13)21-17-9-8-16(23-24-17)18(25)22-12-4-7-14(19)15(20)10-12/h2-10H,1H3,(H,21,24)(H,22,25). The molecule has 2 N–H and O–H groups in total. The Morgan fingerprint density at radius 2 is 1.65 bits per heavy atom. The molecule has 0 aliphatic carbocycles. The SMILES string of the molecule is COc1ccc(Nc2ccc(C(=O)Nc3ccc(Cl)c(Cl)c3)nn2)cc1. The average molecular weight is 389 g/mol. The van der Waals surface area contributed by atoms with Gasteiger partial charge in [0.1, 0.15) is 5.75 Å². The quantitative estimate of drug-likeness (QED) is 0.656. The maximum Gasteiger partial charge on any atom is 0.276 e. The van der Waals surface area contributed by atoms with Crippen LogP contribution in [0.3, 0.4) is 0 Å². The van der Waals surface area contributed by atoms with Crippen molar-refractivity contribution in [1.29, 1.82) is 0 Å². The normalized spacial score (nSPS) is 10.3. The summed E-state index contributed by atoms with van der Waals surface area (Å²) in [6, 6.07) is 15.4. The van der Waals surface area contributed by atoms with Gasteiger partial charge in [-0.2, -0.15) is 0 Å². The molecule has 0 saturated carbocycles. The predicted octanol–water partition coefficient (Wildman–Crippen LogP) is 4.79. The summed E-state index contributed by atoms with van der Waals surface area (Å²) in [5.74, 6) is 0.879. The monoisotopic (exact) mass is 388 g/mol. The van der Waals surface area contributed by atoms with Crippen LogP contribution in [0.2, 0.25) is 10.0 Å². The Bertz CT molecular complexity index is 915. The largest absolute Gasteiger partial charge is 0.497 e. The second kappa shape index (κ2) is 8.03. The van der Waals surface area contributed by atoms with E-state index in [2.05, 4.69) is 20.8 Å². The van der Waals surface area contributed by atoms with E-state index in [0.29, 0.717) is 21.6 Å². The molecule has 2 aromatic carbocycles. The molecule has 0 spiro atoms. The Balaban J connectivity index is 1.66. The number of carbonyl (C=O) groups excluding carboxylic acids is 1. The lowest BCUT2D eigenvalue weighted by molar-refractivity contribution is 0.102. The van der Waals surface area contributed by atoms with E-state index in [4.69, 9.17) is 27.9 Å². The average Bonchev–Trinajstić information content (AvgIpc) is 2.66. The van der Waals surface area contributed by atoms with Crippen LogP contribution in [0.25, 0.3) is 0 Å². The number of benzene rings is 2. The molecule has 0 aliphatic heterocycles. The smallest absolute Gasteiger partial charge is 0.276 e. The fraction of sp³-hybridized carbons (Fsp3) is 0.0556. The van der Waals surface area contributed by atoms with Gasteiger partial charge in [0.05, 0.1) is 17.2 Å². The number of anilines is 3. The number of ether oxygens (including phenoxy) is 1. The van der Waals surface area contributed by atoms with Crippen LogP contribution in [-0.4, -0.2) is 23.2 Å². The molecule has 0 unspecified atom stereocenters. The number of nitrogens with zero attached hydrogens (tertiary/aromatic N) is 2. The fourth-order valence-electron chi connectivity index (χ4n) is 2.11. The van der Waals surface area contributed by atoms with Crippen molar-refractivity contribution in [3.8, 4) is 5.75 Å². The summed E-state index contributed by atoms with van der Waals surface area (Å²) in [4.78, 5) is 12.2. The van der Waals surface area contributed by atoms with Crippen molar-refractivity contribution in [2.24, 2.45) is 0 Å². The molecule has 3 rings (SSSR count). The Morgan fingerprint density at radius 3 is 2.27 bits per heavy atom. The van der Waals surface area contributed by atoms with E-state index >= 15 is 0 Å². The van der Waals surface area contributed by atoms with Gasteiger partial charge in [-0.15, -0.1) is 10.2 Å². The Labute approximate surface area is 160 Å². The van der Waals surface area contributed by atoms with Gasteiger partial charge in [0.15, 0.2) is 11.5 Å². The minimum absolute atomic E-state index is 0.177. The van der Waals surface area contributed by atoms with Crippen molar-refractivity contribution in [2.75, 3.05) is 17.7 Å². The molecule has 26 heavy (non-hydrogen) atoms. The number of methoxy groups -OCH3 is 1. The number of rotatable bonds is 5. The first-order chi connectivity index (χ1) is 12.5. The van der Waals surface area contributed by atoms with Crippen molar-refractivity contribution < 1.29 is 9.53 Å². The number of carbonyl (C=O) groups is 1. The van der Waals surface area contributed by atoms with Gasteiger partial charge in [0, 0.05) is 11.4 Å². The van der Waals surface area contributed by atoms with Gasteiger partial charge < -0.3 is 15.4 Å². The zero-order chi connectivity index (χ0) is 18.5. The summed E-state index contributed by atoms with van der Waals surface area (Å²) in [5, 5.41) is 14.5. The van der Waals surface area contributed by atoms with Crippen LogP contribution in [-0.2, 0) is 0 Å². The highest BCUT2D eigenvalue weighted by Gasteiger charge is 2.10. The lowest BCUT2D eigenvalue weighted by Gasteiger charge is -2.08. The highest BCUT2D eigenvalue weighted by molar-refractivity contribution is 6.42. The molecular formula is C18H14Cl2N4O2. The van der Waals surface area contributed by atoms with Crippen molar-refractivity contribution in [3.05, 3.63) is 70.3 Å². The first kappa shape index (κ1) is 18.0. The minimum atomic E-state index is -0.396. The van der Waals surface area contributed by atoms with Gasteiger partial charge in [-0.05, 0) is 54.6 Å². The number of nitrogens with one attached hydrogen (secondary N) is 2. The molecule has 0 atom stereocenters. The molecule has 0 saturated heterocycles. The Morgan fingerprint density at radius 1 is 0.923 bits per heavy atom. The molecule has 3 aromatic rings. The van der Waals surface area contributed by atoms with Crippen LogP contribution in [0.1, 0.15) is 10.5 Å². The number of aromatic nitrogens is 2. The van der Waals surface area contributed by atoms with Gasteiger partial charge in [0.25, 0.3) is 5.91 Å². The molecule has 132 valence electrons. The predicted molar refractivity (Wildman–Crippen MR) is 103 cm³/mol. The molecule has 0 fully saturated rings. The summed E-state index contributed by atoms with van der Waals surface area (Å²) >= 11 is 11.8. The van der Waals surface area contributed by atoms with E-state index in [0.717, 1.165) is 11.4 Å². The van der Waals surface area contributed by atoms with E-state index in [9.17, 15) is 4.79 Å². The summed E-state index contributed by atoms with van der Waals surface area (Å²) < 4.78 is 5.11. The molecule has 8 heteroatoms. The first-order valence-electron chi connectivity index (χ1n) is 7.56. The van der Waals surface area contributed by atoms with Crippen molar-refractivity contribution in [2.45, 2.75) is 0 Å². The highest BCUT2D eigenvalue weighted by atomic mass is 35.5. The number of halogens is 2. The van der Waals surface area contributed by atoms with Crippen LogP contribution in [0.4, 0.5) is 17.2 Å². The molecule has 0 radical (unpaired) electrons. The van der Waals surface area contributed by atoms with E-state index in [-0.39, 0.29) is 5.69 Å². The second-order valence-corrected chi connectivity index (χ2v) is 6.05. The molecule has 6 nitrogen and oxygen atoms in total. The Kier molecular flexibility index (Phi) is 5.55. The van der Waals surface area contributed by atoms with Crippen LogP contribution in [0, 0.1) is 0 Å². The zero-order valence-corrected chi connectivity index (χ0v) is 15.2. The van der Waals surface area contributed by atoms with Gasteiger partial charge in [-0.3, -0.25) is 4.79 Å². The highest BCUT2D eigenvalue weighted by Crippen LogP contribution is 2.25. The van der Waals surface area contributed by atoms with Crippen LogP contribution in [0.5, 0.6) is 5.75 Å². The lowest BCUT2D eigenvalue weighted by atomic mass is 10.3. The lowest BCUT2D eigenvalue weighted by Crippen LogP contribution is -2.14. The van der Waals surface area contributed by atoms with Crippen LogP contribution < -0.4 is 15.4 Å². The van der Waals surface area contributed by atoms with Gasteiger partial charge >= 0.3 is 0 Å². The van der Waals surface area contributed by atoms with E-state index < -0.39 is 5.91 Å². The molecule has 0 bridgehead atoms. The van der Waals surface area contributed by atoms with E-state index in [1.807, 2.05) is 24.3 Å². The van der Waals surface area contributed by atoms with Gasteiger partial charge in [0.2, 0.25) is 0 Å². The topological polar surface area (TPSA) is 76.1 Å². The fourth-order valence-corrected chi connectivity index (χ4v) is 2.41. The molecule has 1 amide bonds. The summed E-state index contributed by atoms with van der Waals surface area (Å²) in [6.45, 7) is 0. The third-order valence-electron chi connectivity index (χ3n) is 3.44. The number of hydrogen-bond acceptors (Lipinski definition) is 5. The van der Waals surface area contributed by atoms with Gasteiger partial charge in [-0.1, -0.05) is 23.2 Å². The molecule has 0 aliphatic rings. The summed E-state index contributed by atoms with van der Waals surface area (Å²) in [5.41, 5.74) is 1.52. The third kappa shape index (κ3) is 4.41. The second-order valence-electron chi connectivity index (χ2n) is 5.24. The maximum atomic E-state index is 12.2. The Hall–Kier alpha value is -2.83. The van der Waals surface area contributed by atoms with Crippen LogP contribution in [0.15, 0.2) is 54.6 Å².